The summed E-state index contributed by atoms with van der Waals surface area (Å²) in [7, 11) is 2.45. The lowest BCUT2D eigenvalue weighted by Crippen LogP contribution is -2.10. The van der Waals surface area contributed by atoms with E-state index in [1.165, 1.54) is 44.6 Å². The maximum absolute atomic E-state index is 12.6. The number of nitrogens with zero attached hydrogens (tertiary/aromatic N) is 3. The van der Waals surface area contributed by atoms with Crippen LogP contribution in [-0.4, -0.2) is 51.3 Å². The molecule has 0 aliphatic carbocycles. The SMILES string of the molecule is COC(=O)c1ccc(-c2nc(-c3ccccc3O)nc(-c3ccccc3O)n2)c(C(=O)OC)c1. The first-order valence-electron chi connectivity index (χ1n) is 10.1. The van der Waals surface area contributed by atoms with Crippen molar-refractivity contribution in [2.75, 3.05) is 14.2 Å². The lowest BCUT2D eigenvalue weighted by Gasteiger charge is -2.12. The molecule has 34 heavy (non-hydrogen) atoms. The highest BCUT2D eigenvalue weighted by Crippen LogP contribution is 2.33. The zero-order valence-corrected chi connectivity index (χ0v) is 18.2. The number of aromatic hydroxyl groups is 2. The number of aromatic nitrogens is 3. The molecule has 3 aromatic carbocycles. The highest BCUT2D eigenvalue weighted by atomic mass is 16.5. The molecule has 1 aromatic heterocycles. The molecule has 9 nitrogen and oxygen atoms in total. The number of hydrogen-bond acceptors (Lipinski definition) is 9. The summed E-state index contributed by atoms with van der Waals surface area (Å²) in [4.78, 5) is 38.0. The number of carbonyl (C=O) groups excluding carboxylic acids is 2. The predicted octanol–water partition coefficient (Wildman–Crippen LogP) is 3.86. The monoisotopic (exact) mass is 457 g/mol. The molecular formula is C25H19N3O6. The molecule has 4 aromatic rings. The molecule has 0 unspecified atom stereocenters. The average Bonchev–Trinajstić information content (AvgIpc) is 2.87. The normalized spacial score (nSPS) is 10.5. The number of methoxy groups -OCH3 is 2. The minimum absolute atomic E-state index is 0.0306. The van der Waals surface area contributed by atoms with Crippen LogP contribution in [0.4, 0.5) is 0 Å². The maximum atomic E-state index is 12.6. The molecule has 0 radical (unpaired) electrons. The fraction of sp³-hybridized carbons (Fsp3) is 0.0800. The second-order valence-corrected chi connectivity index (χ2v) is 7.08. The first-order valence-corrected chi connectivity index (χ1v) is 10.1. The van der Waals surface area contributed by atoms with Gasteiger partial charge in [0, 0.05) is 5.56 Å². The van der Waals surface area contributed by atoms with Crippen molar-refractivity contribution in [3.8, 4) is 45.7 Å². The van der Waals surface area contributed by atoms with Gasteiger partial charge in [0.1, 0.15) is 11.5 Å². The van der Waals surface area contributed by atoms with Crippen LogP contribution in [0.25, 0.3) is 34.2 Å². The molecule has 0 bridgehead atoms. The van der Waals surface area contributed by atoms with Crippen LogP contribution in [-0.2, 0) is 9.47 Å². The van der Waals surface area contributed by atoms with Crippen LogP contribution in [0.15, 0.2) is 66.7 Å². The van der Waals surface area contributed by atoms with Gasteiger partial charge in [0.2, 0.25) is 0 Å². The molecule has 2 N–H and O–H groups in total. The minimum Gasteiger partial charge on any atom is -0.507 e. The number of hydrogen-bond donors (Lipinski definition) is 2. The van der Waals surface area contributed by atoms with Crippen LogP contribution in [0, 0.1) is 0 Å². The van der Waals surface area contributed by atoms with Crippen LogP contribution in [0.1, 0.15) is 20.7 Å². The number of phenolic OH excluding ortho intramolecular Hbond substituents is 2. The van der Waals surface area contributed by atoms with E-state index in [1.54, 1.807) is 36.4 Å². The summed E-state index contributed by atoms with van der Waals surface area (Å²) in [6, 6.07) is 17.3. The van der Waals surface area contributed by atoms with Crippen LogP contribution in [0.2, 0.25) is 0 Å². The molecule has 0 saturated heterocycles. The molecule has 0 atom stereocenters. The summed E-state index contributed by atoms with van der Waals surface area (Å²) < 4.78 is 9.64. The summed E-state index contributed by atoms with van der Waals surface area (Å²) in [5.41, 5.74) is 1.09. The number of rotatable bonds is 5. The van der Waals surface area contributed by atoms with Gasteiger partial charge in [-0.2, -0.15) is 0 Å². The standard InChI is InChI=1S/C25H19N3O6/c1-33-24(31)14-11-12-15(18(13-14)25(32)34-2)21-26-22(16-7-3-5-9-19(16)29)28-23(27-21)17-8-4-6-10-20(17)30/h3-13,29-30H,1-2H3. The molecule has 9 heteroatoms. The van der Waals surface area contributed by atoms with E-state index in [-0.39, 0.29) is 45.7 Å². The van der Waals surface area contributed by atoms with Crippen molar-refractivity contribution >= 4 is 11.9 Å². The number of benzene rings is 3. The van der Waals surface area contributed by atoms with Gasteiger partial charge in [0.05, 0.1) is 36.5 Å². The van der Waals surface area contributed by atoms with Gasteiger partial charge in [-0.25, -0.2) is 24.5 Å². The molecule has 1 heterocycles. The Bertz CT molecular complexity index is 1340. The Morgan fingerprint density at radius 1 is 0.647 bits per heavy atom. The fourth-order valence-corrected chi connectivity index (χ4v) is 3.33. The van der Waals surface area contributed by atoms with E-state index in [9.17, 15) is 19.8 Å². The van der Waals surface area contributed by atoms with Gasteiger partial charge >= 0.3 is 11.9 Å². The number of phenols is 2. The van der Waals surface area contributed by atoms with E-state index in [4.69, 9.17) is 9.47 Å². The zero-order chi connectivity index (χ0) is 24.2. The van der Waals surface area contributed by atoms with Crippen molar-refractivity contribution in [2.45, 2.75) is 0 Å². The van der Waals surface area contributed by atoms with E-state index < -0.39 is 11.9 Å². The van der Waals surface area contributed by atoms with Gasteiger partial charge in [-0.15, -0.1) is 0 Å². The van der Waals surface area contributed by atoms with Crippen LogP contribution in [0.5, 0.6) is 11.5 Å². The summed E-state index contributed by atoms with van der Waals surface area (Å²) in [6.45, 7) is 0. The van der Waals surface area contributed by atoms with Gasteiger partial charge in [-0.3, -0.25) is 0 Å². The first-order chi connectivity index (χ1) is 16.4. The van der Waals surface area contributed by atoms with Gasteiger partial charge in [0.15, 0.2) is 17.5 Å². The van der Waals surface area contributed by atoms with Gasteiger partial charge in [0.25, 0.3) is 0 Å². The maximum Gasteiger partial charge on any atom is 0.338 e. The Morgan fingerprint density at radius 3 is 1.59 bits per heavy atom. The lowest BCUT2D eigenvalue weighted by atomic mass is 10.0. The molecule has 4 rings (SSSR count). The van der Waals surface area contributed by atoms with Crippen LogP contribution >= 0.6 is 0 Å². The second kappa shape index (κ2) is 9.37. The first kappa shape index (κ1) is 22.4. The zero-order valence-electron chi connectivity index (χ0n) is 18.2. The quantitative estimate of drug-likeness (QED) is 0.429. The molecule has 170 valence electrons. The Labute approximate surface area is 194 Å². The van der Waals surface area contributed by atoms with Gasteiger partial charge < -0.3 is 19.7 Å². The number of para-hydroxylation sites is 2. The smallest absolute Gasteiger partial charge is 0.338 e. The summed E-state index contributed by atoms with van der Waals surface area (Å²) in [5, 5.41) is 20.7. The Kier molecular flexibility index (Phi) is 6.18. The fourth-order valence-electron chi connectivity index (χ4n) is 3.33. The van der Waals surface area contributed by atoms with Crippen molar-refractivity contribution in [1.29, 1.82) is 0 Å². The molecule has 0 aliphatic rings. The molecule has 0 saturated carbocycles. The predicted molar refractivity (Wildman–Crippen MR) is 122 cm³/mol. The topological polar surface area (TPSA) is 132 Å². The number of carbonyl (C=O) groups is 2. The van der Waals surface area contributed by atoms with Crippen molar-refractivity contribution < 1.29 is 29.3 Å². The van der Waals surface area contributed by atoms with Crippen molar-refractivity contribution in [1.82, 2.24) is 15.0 Å². The van der Waals surface area contributed by atoms with Crippen molar-refractivity contribution in [3.63, 3.8) is 0 Å². The Balaban J connectivity index is 2.00. The van der Waals surface area contributed by atoms with E-state index in [0.29, 0.717) is 11.1 Å². The summed E-state index contributed by atoms with van der Waals surface area (Å²) in [5.74, 6) is -1.15. The van der Waals surface area contributed by atoms with Crippen LogP contribution < -0.4 is 0 Å². The lowest BCUT2D eigenvalue weighted by molar-refractivity contribution is 0.0599. The van der Waals surface area contributed by atoms with Crippen LogP contribution in [0.3, 0.4) is 0 Å². The Morgan fingerprint density at radius 2 is 1.12 bits per heavy atom. The second-order valence-electron chi connectivity index (χ2n) is 7.08. The van der Waals surface area contributed by atoms with E-state index >= 15 is 0 Å². The molecule has 0 spiro atoms. The molecule has 0 fully saturated rings. The van der Waals surface area contributed by atoms with Gasteiger partial charge in [-0.1, -0.05) is 24.3 Å². The van der Waals surface area contributed by atoms with E-state index in [0.717, 1.165) is 0 Å². The van der Waals surface area contributed by atoms with E-state index in [1.807, 2.05) is 0 Å². The largest absolute Gasteiger partial charge is 0.507 e. The van der Waals surface area contributed by atoms with E-state index in [2.05, 4.69) is 15.0 Å². The number of esters is 2. The third-order valence-electron chi connectivity index (χ3n) is 5.01. The van der Waals surface area contributed by atoms with Crippen molar-refractivity contribution in [2.24, 2.45) is 0 Å². The third kappa shape index (κ3) is 4.26. The summed E-state index contributed by atoms with van der Waals surface area (Å²) >= 11 is 0. The third-order valence-corrected chi connectivity index (χ3v) is 5.01. The van der Waals surface area contributed by atoms with Gasteiger partial charge in [-0.05, 0) is 42.5 Å². The molecule has 0 amide bonds. The minimum atomic E-state index is -0.714. The highest BCUT2D eigenvalue weighted by molar-refractivity contribution is 6.00. The van der Waals surface area contributed by atoms with Crippen molar-refractivity contribution in [3.05, 3.63) is 77.9 Å². The molecular weight excluding hydrogens is 438 g/mol. The number of ether oxygens (including phenoxy) is 2. The highest BCUT2D eigenvalue weighted by Gasteiger charge is 2.22. The summed E-state index contributed by atoms with van der Waals surface area (Å²) in [6.07, 6.45) is 0. The Hall–Kier alpha value is -4.79. The average molecular weight is 457 g/mol. The molecule has 0 aliphatic heterocycles.